The summed E-state index contributed by atoms with van der Waals surface area (Å²) in [5.74, 6) is -0.0153. The Morgan fingerprint density at radius 3 is 2.83 bits per heavy atom. The van der Waals surface area contributed by atoms with Crippen LogP contribution in [0, 0.1) is 0 Å². The van der Waals surface area contributed by atoms with Gasteiger partial charge in [0.25, 0.3) is 5.89 Å². The van der Waals surface area contributed by atoms with Gasteiger partial charge >= 0.3 is 5.76 Å². The van der Waals surface area contributed by atoms with Crippen LogP contribution >= 0.6 is 11.3 Å². The van der Waals surface area contributed by atoms with Crippen LogP contribution in [0.5, 0.6) is 0 Å². The van der Waals surface area contributed by atoms with Crippen LogP contribution < -0.4 is 5.76 Å². The normalized spacial score (nSPS) is 14.5. The van der Waals surface area contributed by atoms with Crippen LogP contribution in [-0.2, 0) is 13.2 Å². The summed E-state index contributed by atoms with van der Waals surface area (Å²) in [4.78, 5) is 19.2. The lowest BCUT2D eigenvalue weighted by Crippen LogP contribution is -2.32. The van der Waals surface area contributed by atoms with Gasteiger partial charge in [0.2, 0.25) is 0 Å². The molecule has 7 heteroatoms. The van der Waals surface area contributed by atoms with E-state index in [-0.39, 0.29) is 0 Å². The molecule has 1 fully saturated rings. The molecule has 0 aliphatic heterocycles. The van der Waals surface area contributed by atoms with Crippen molar-refractivity contribution in [2.24, 2.45) is 0 Å². The average molecular weight is 328 g/mol. The molecule has 3 aromatic rings. The Balaban J connectivity index is 1.54. The zero-order valence-corrected chi connectivity index (χ0v) is 13.3. The monoisotopic (exact) mass is 328 g/mol. The Hall–Kier alpha value is -2.25. The van der Waals surface area contributed by atoms with Gasteiger partial charge < -0.3 is 4.42 Å². The van der Waals surface area contributed by atoms with Gasteiger partial charge in [-0.25, -0.2) is 4.79 Å². The lowest BCUT2D eigenvalue weighted by molar-refractivity contribution is 0.182. The SMILES string of the molecule is O=c1oc(-c2cccs2)nn1CN(Cc1ccncc1)C1CC1. The molecule has 0 aromatic carbocycles. The van der Waals surface area contributed by atoms with Crippen LogP contribution in [0.15, 0.2) is 51.3 Å². The van der Waals surface area contributed by atoms with Gasteiger partial charge in [-0.2, -0.15) is 4.68 Å². The second kappa shape index (κ2) is 6.10. The molecule has 0 radical (unpaired) electrons. The smallest absolute Gasteiger partial charge is 0.387 e. The molecule has 0 amide bonds. The second-order valence-corrected chi connectivity index (χ2v) is 6.57. The number of nitrogens with zero attached hydrogens (tertiary/aromatic N) is 4. The van der Waals surface area contributed by atoms with Crippen molar-refractivity contribution in [1.29, 1.82) is 0 Å². The lowest BCUT2D eigenvalue weighted by Gasteiger charge is -2.20. The molecule has 3 heterocycles. The highest BCUT2D eigenvalue weighted by Crippen LogP contribution is 2.29. The van der Waals surface area contributed by atoms with Crippen molar-refractivity contribution in [3.05, 3.63) is 58.2 Å². The molecule has 0 saturated heterocycles. The predicted octanol–water partition coefficient (Wildman–Crippen LogP) is 2.58. The highest BCUT2D eigenvalue weighted by Gasteiger charge is 2.30. The van der Waals surface area contributed by atoms with Crippen molar-refractivity contribution in [1.82, 2.24) is 19.7 Å². The number of hydrogen-bond acceptors (Lipinski definition) is 6. The Bertz CT molecular complexity index is 821. The number of aromatic nitrogens is 3. The Kier molecular flexibility index (Phi) is 3.80. The zero-order valence-electron chi connectivity index (χ0n) is 12.5. The first-order valence-corrected chi connectivity index (χ1v) is 8.42. The van der Waals surface area contributed by atoms with Crippen molar-refractivity contribution >= 4 is 11.3 Å². The topological polar surface area (TPSA) is 64.2 Å². The number of pyridine rings is 1. The third-order valence-electron chi connectivity index (χ3n) is 3.85. The molecule has 3 aromatic heterocycles. The molecular formula is C16H16N4O2S. The Labute approximate surface area is 137 Å². The first kappa shape index (κ1) is 14.3. The summed E-state index contributed by atoms with van der Waals surface area (Å²) in [6, 6.07) is 8.32. The van der Waals surface area contributed by atoms with Gasteiger partial charge in [0.1, 0.15) is 6.67 Å². The third kappa shape index (κ3) is 3.25. The van der Waals surface area contributed by atoms with E-state index in [1.54, 1.807) is 12.4 Å². The van der Waals surface area contributed by atoms with E-state index in [1.165, 1.54) is 21.6 Å². The van der Waals surface area contributed by atoms with Crippen molar-refractivity contribution in [3.8, 4) is 10.8 Å². The minimum atomic E-state index is -0.409. The van der Waals surface area contributed by atoms with Crippen molar-refractivity contribution in [2.45, 2.75) is 32.1 Å². The maximum absolute atomic E-state index is 12.1. The molecule has 1 saturated carbocycles. The van der Waals surface area contributed by atoms with Gasteiger partial charge in [-0.15, -0.1) is 16.4 Å². The molecule has 0 atom stereocenters. The van der Waals surface area contributed by atoms with Gasteiger partial charge in [0, 0.05) is 25.0 Å². The summed E-state index contributed by atoms with van der Waals surface area (Å²) in [6.07, 6.45) is 5.90. The van der Waals surface area contributed by atoms with Gasteiger partial charge in [-0.3, -0.25) is 9.88 Å². The van der Waals surface area contributed by atoms with E-state index in [2.05, 4.69) is 15.0 Å². The first-order chi connectivity index (χ1) is 11.3. The summed E-state index contributed by atoms with van der Waals surface area (Å²) in [5, 5.41) is 6.28. The molecule has 0 N–H and O–H groups in total. The summed E-state index contributed by atoms with van der Waals surface area (Å²) in [6.45, 7) is 1.22. The van der Waals surface area contributed by atoms with Crippen LogP contribution in [-0.4, -0.2) is 25.7 Å². The van der Waals surface area contributed by atoms with E-state index in [9.17, 15) is 4.79 Å². The van der Waals surface area contributed by atoms with E-state index < -0.39 is 5.76 Å². The fourth-order valence-corrected chi connectivity index (χ4v) is 3.17. The summed E-state index contributed by atoms with van der Waals surface area (Å²) < 4.78 is 6.69. The molecule has 0 spiro atoms. The van der Waals surface area contributed by atoms with Gasteiger partial charge in [0.15, 0.2) is 0 Å². The van der Waals surface area contributed by atoms with Crippen LogP contribution in [0.25, 0.3) is 10.8 Å². The molecule has 6 nitrogen and oxygen atoms in total. The van der Waals surface area contributed by atoms with Crippen LogP contribution in [0.1, 0.15) is 18.4 Å². The van der Waals surface area contributed by atoms with Gasteiger partial charge in [-0.1, -0.05) is 6.07 Å². The molecule has 1 aliphatic rings. The molecule has 0 bridgehead atoms. The van der Waals surface area contributed by atoms with Crippen molar-refractivity contribution in [3.63, 3.8) is 0 Å². The fraction of sp³-hybridized carbons (Fsp3) is 0.312. The minimum absolute atomic E-state index is 0.393. The van der Waals surface area contributed by atoms with E-state index in [0.29, 0.717) is 18.6 Å². The van der Waals surface area contributed by atoms with Crippen LogP contribution in [0.4, 0.5) is 0 Å². The second-order valence-electron chi connectivity index (χ2n) is 5.62. The molecule has 4 rings (SSSR count). The third-order valence-corrected chi connectivity index (χ3v) is 4.71. The maximum Gasteiger partial charge on any atom is 0.438 e. The quantitative estimate of drug-likeness (QED) is 0.696. The van der Waals surface area contributed by atoms with Crippen molar-refractivity contribution in [2.75, 3.05) is 0 Å². The summed E-state index contributed by atoms with van der Waals surface area (Å²) in [7, 11) is 0. The Morgan fingerprint density at radius 2 is 2.13 bits per heavy atom. The Morgan fingerprint density at radius 1 is 1.30 bits per heavy atom. The molecule has 0 unspecified atom stereocenters. The van der Waals surface area contributed by atoms with Crippen LogP contribution in [0.3, 0.4) is 0 Å². The number of thiophene rings is 1. The maximum atomic E-state index is 12.1. The largest absolute Gasteiger partial charge is 0.438 e. The predicted molar refractivity (Wildman–Crippen MR) is 86.9 cm³/mol. The van der Waals surface area contributed by atoms with Crippen molar-refractivity contribution < 1.29 is 4.42 Å². The van der Waals surface area contributed by atoms with Gasteiger partial charge in [0.05, 0.1) is 4.88 Å². The standard InChI is InChI=1S/C16H16N4O2S/c21-16-20(18-15(22-16)14-2-1-9-23-14)11-19(13-3-4-13)10-12-5-7-17-8-6-12/h1-2,5-9,13H,3-4,10-11H2. The first-order valence-electron chi connectivity index (χ1n) is 7.54. The number of hydrogen-bond donors (Lipinski definition) is 0. The highest BCUT2D eigenvalue weighted by atomic mass is 32.1. The number of rotatable bonds is 6. The molecule has 118 valence electrons. The summed E-state index contributed by atoms with van der Waals surface area (Å²) in [5.41, 5.74) is 1.18. The van der Waals surface area contributed by atoms with E-state index >= 15 is 0 Å². The van der Waals surface area contributed by atoms with E-state index in [1.807, 2.05) is 29.6 Å². The molecule has 23 heavy (non-hydrogen) atoms. The van der Waals surface area contributed by atoms with Gasteiger partial charge in [-0.05, 0) is 42.0 Å². The average Bonchev–Trinajstić information content (AvgIpc) is 3.14. The van der Waals surface area contributed by atoms with E-state index in [4.69, 9.17) is 4.42 Å². The minimum Gasteiger partial charge on any atom is -0.387 e. The highest BCUT2D eigenvalue weighted by molar-refractivity contribution is 7.13. The summed E-state index contributed by atoms with van der Waals surface area (Å²) >= 11 is 1.51. The molecule has 1 aliphatic carbocycles. The molecular weight excluding hydrogens is 312 g/mol. The fourth-order valence-electron chi connectivity index (χ4n) is 2.52. The van der Waals surface area contributed by atoms with Crippen LogP contribution in [0.2, 0.25) is 0 Å². The lowest BCUT2D eigenvalue weighted by atomic mass is 10.2. The zero-order chi connectivity index (χ0) is 15.6. The van der Waals surface area contributed by atoms with E-state index in [0.717, 1.165) is 24.3 Å².